The molecule has 9 nitrogen and oxygen atoms in total. The summed E-state index contributed by atoms with van der Waals surface area (Å²) < 4.78 is 40.6. The lowest BCUT2D eigenvalue weighted by Gasteiger charge is -2.29. The molecule has 2 aromatic rings. The Morgan fingerprint density at radius 2 is 1.80 bits per heavy atom. The lowest BCUT2D eigenvalue weighted by molar-refractivity contribution is -0.145. The van der Waals surface area contributed by atoms with Gasteiger partial charge in [0, 0.05) is 51.7 Å². The van der Waals surface area contributed by atoms with Crippen molar-refractivity contribution in [2.24, 2.45) is 5.92 Å². The van der Waals surface area contributed by atoms with Gasteiger partial charge in [-0.15, -0.1) is 0 Å². The van der Waals surface area contributed by atoms with Crippen LogP contribution in [0.3, 0.4) is 0 Å². The molecule has 2 N–H and O–H groups in total. The van der Waals surface area contributed by atoms with Crippen molar-refractivity contribution in [2.45, 2.75) is 56.5 Å². The Bertz CT molecular complexity index is 1490. The summed E-state index contributed by atoms with van der Waals surface area (Å²) in [4.78, 5) is 68.0. The molecule has 0 saturated carbocycles. The highest BCUT2D eigenvalue weighted by Crippen LogP contribution is 2.47. The zero-order valence-electron chi connectivity index (χ0n) is 24.9. The maximum Gasteiger partial charge on any atom is 0.321 e. The van der Waals surface area contributed by atoms with Crippen LogP contribution in [-0.2, 0) is 35.8 Å². The summed E-state index contributed by atoms with van der Waals surface area (Å²) in [5.74, 6) is -8.66. The third-order valence-corrected chi connectivity index (χ3v) is 8.13. The smallest absolute Gasteiger partial charge is 0.321 e. The number of likely N-dealkylation sites (tertiary alicyclic amines) is 1. The number of ketones is 1. The van der Waals surface area contributed by atoms with Crippen LogP contribution in [0.4, 0.5) is 18.9 Å². The molecule has 0 aliphatic carbocycles. The number of hydrogen-bond acceptors (Lipinski definition) is 5. The van der Waals surface area contributed by atoms with E-state index in [1.165, 1.54) is 47.1 Å². The molecular weight excluding hydrogens is 577 g/mol. The Kier molecular flexibility index (Phi) is 9.31. The predicted octanol–water partition coefficient (Wildman–Crippen LogP) is 3.24. The summed E-state index contributed by atoms with van der Waals surface area (Å²) in [5, 5.41) is 4.87. The van der Waals surface area contributed by atoms with Gasteiger partial charge in [0.25, 0.3) is 5.91 Å². The first-order valence-electron chi connectivity index (χ1n) is 14.2. The van der Waals surface area contributed by atoms with Crippen molar-refractivity contribution in [1.82, 2.24) is 15.1 Å². The number of alkyl halides is 2. The molecule has 4 atom stereocenters. The average Bonchev–Trinajstić information content (AvgIpc) is 3.48. The van der Waals surface area contributed by atoms with Gasteiger partial charge in [-0.2, -0.15) is 8.78 Å². The van der Waals surface area contributed by atoms with E-state index < -0.39 is 59.2 Å². The zero-order valence-corrected chi connectivity index (χ0v) is 24.9. The van der Waals surface area contributed by atoms with Gasteiger partial charge < -0.3 is 20.4 Å². The van der Waals surface area contributed by atoms with E-state index in [1.54, 1.807) is 44.4 Å². The van der Waals surface area contributed by atoms with Gasteiger partial charge in [0.05, 0.1) is 17.5 Å². The third kappa shape index (κ3) is 6.84. The number of Topliss-reactive ketones (excluding diaryl/α,β-unsaturated/α-hetero) is 1. The molecule has 1 spiro atoms. The number of nitrogens with zero attached hydrogens (tertiary/aromatic N) is 2. The van der Waals surface area contributed by atoms with E-state index >= 15 is 0 Å². The minimum atomic E-state index is -3.70. The highest BCUT2D eigenvalue weighted by molar-refractivity contribution is 6.07. The summed E-state index contributed by atoms with van der Waals surface area (Å²) in [5.41, 5.74) is 0.762. The largest absolute Gasteiger partial charge is 0.345 e. The maximum absolute atomic E-state index is 14.3. The van der Waals surface area contributed by atoms with E-state index in [2.05, 4.69) is 5.32 Å². The number of hydrogen-bond donors (Lipinski definition) is 2. The summed E-state index contributed by atoms with van der Waals surface area (Å²) in [6.45, 7) is 1.63. The minimum Gasteiger partial charge on any atom is -0.345 e. The summed E-state index contributed by atoms with van der Waals surface area (Å²) in [7, 11) is 3.15. The molecule has 2 aliphatic heterocycles. The van der Waals surface area contributed by atoms with Gasteiger partial charge in [0.2, 0.25) is 17.7 Å². The van der Waals surface area contributed by atoms with Gasteiger partial charge in [-0.05, 0) is 49.1 Å². The second kappa shape index (κ2) is 12.6. The predicted molar refractivity (Wildman–Crippen MR) is 156 cm³/mol. The van der Waals surface area contributed by atoms with E-state index in [9.17, 15) is 37.1 Å². The third-order valence-electron chi connectivity index (χ3n) is 8.13. The molecule has 234 valence electrons. The SMILES string of the molecule is C[C@H](NC(=O)C(C)(F)F)C(=O)C[C@@H](Cc1ccc(F)cc1)C(=O)N1C[C@]2(C[C@H]1/C=C/C(=O)N(C)C)C(=O)Nc1ccccc12. The average molecular weight is 613 g/mol. The second-order valence-corrected chi connectivity index (χ2v) is 11.7. The number of carbonyl (C=O) groups excluding carboxylic acids is 5. The molecule has 2 heterocycles. The monoisotopic (exact) mass is 612 g/mol. The van der Waals surface area contributed by atoms with Crippen molar-refractivity contribution < 1.29 is 37.1 Å². The molecule has 1 saturated heterocycles. The van der Waals surface area contributed by atoms with E-state index in [0.717, 1.165) is 0 Å². The van der Waals surface area contributed by atoms with Crippen LogP contribution in [0.15, 0.2) is 60.7 Å². The normalized spacial score (nSPS) is 20.8. The number of benzene rings is 2. The number of halogens is 3. The lowest BCUT2D eigenvalue weighted by Crippen LogP contribution is -2.47. The number of fused-ring (bicyclic) bond motifs is 2. The number of likely N-dealkylation sites (N-methyl/N-ethyl adjacent to an activating group) is 1. The van der Waals surface area contributed by atoms with Crippen molar-refractivity contribution in [2.75, 3.05) is 26.0 Å². The van der Waals surface area contributed by atoms with Crippen molar-refractivity contribution in [3.63, 3.8) is 0 Å². The highest BCUT2D eigenvalue weighted by atomic mass is 19.3. The molecule has 2 aliphatic rings. The zero-order chi connectivity index (χ0) is 32.4. The molecule has 0 unspecified atom stereocenters. The summed E-state index contributed by atoms with van der Waals surface area (Å²) in [6.07, 6.45) is 2.63. The molecule has 44 heavy (non-hydrogen) atoms. The van der Waals surface area contributed by atoms with Gasteiger partial charge in [-0.1, -0.05) is 36.4 Å². The second-order valence-electron chi connectivity index (χ2n) is 11.7. The van der Waals surface area contributed by atoms with Crippen LogP contribution in [0, 0.1) is 11.7 Å². The van der Waals surface area contributed by atoms with Crippen LogP contribution in [0.25, 0.3) is 0 Å². The van der Waals surface area contributed by atoms with Gasteiger partial charge in [-0.3, -0.25) is 24.0 Å². The quantitative estimate of drug-likeness (QED) is 0.400. The molecule has 1 fully saturated rings. The van der Waals surface area contributed by atoms with E-state index in [4.69, 9.17) is 0 Å². The molecule has 0 radical (unpaired) electrons. The topological polar surface area (TPSA) is 116 Å². The molecule has 4 rings (SSSR count). The Morgan fingerprint density at radius 3 is 2.43 bits per heavy atom. The molecular formula is C32H35F3N4O5. The summed E-state index contributed by atoms with van der Waals surface area (Å²) >= 11 is 0. The van der Waals surface area contributed by atoms with E-state index in [1.807, 2.05) is 5.32 Å². The Balaban J connectivity index is 1.68. The Labute approximate surface area is 253 Å². The van der Waals surface area contributed by atoms with E-state index in [-0.39, 0.29) is 31.2 Å². The molecule has 2 aromatic carbocycles. The fourth-order valence-corrected chi connectivity index (χ4v) is 5.64. The lowest BCUT2D eigenvalue weighted by atomic mass is 9.79. The van der Waals surface area contributed by atoms with Crippen molar-refractivity contribution in [1.29, 1.82) is 0 Å². The minimum absolute atomic E-state index is 0.00516. The number of para-hydroxylation sites is 1. The van der Waals surface area contributed by atoms with Crippen molar-refractivity contribution >= 4 is 35.1 Å². The number of anilines is 1. The Morgan fingerprint density at radius 1 is 1.14 bits per heavy atom. The molecule has 12 heteroatoms. The van der Waals surface area contributed by atoms with Crippen LogP contribution in [0.1, 0.15) is 37.8 Å². The first-order valence-corrected chi connectivity index (χ1v) is 14.2. The molecule has 0 bridgehead atoms. The van der Waals surface area contributed by atoms with E-state index in [0.29, 0.717) is 23.7 Å². The molecule has 4 amide bonds. The van der Waals surface area contributed by atoms with Crippen LogP contribution < -0.4 is 10.6 Å². The van der Waals surface area contributed by atoms with Crippen LogP contribution in [-0.4, -0.2) is 77.9 Å². The fourth-order valence-electron chi connectivity index (χ4n) is 5.64. The fraction of sp³-hybridized carbons (Fsp3) is 0.406. The van der Waals surface area contributed by atoms with Crippen molar-refractivity contribution in [3.05, 3.63) is 77.6 Å². The highest BCUT2D eigenvalue weighted by Gasteiger charge is 2.55. The van der Waals surface area contributed by atoms with Gasteiger partial charge >= 0.3 is 5.92 Å². The van der Waals surface area contributed by atoms with Gasteiger partial charge in [0.1, 0.15) is 5.82 Å². The van der Waals surface area contributed by atoms with Gasteiger partial charge in [-0.25, -0.2) is 4.39 Å². The first kappa shape index (κ1) is 32.4. The van der Waals surface area contributed by atoms with Crippen LogP contribution in [0.5, 0.6) is 0 Å². The first-order chi connectivity index (χ1) is 20.6. The number of nitrogens with one attached hydrogen (secondary N) is 2. The van der Waals surface area contributed by atoms with Crippen LogP contribution >= 0.6 is 0 Å². The van der Waals surface area contributed by atoms with Crippen LogP contribution in [0.2, 0.25) is 0 Å². The number of rotatable bonds is 10. The van der Waals surface area contributed by atoms with Gasteiger partial charge in [0.15, 0.2) is 5.78 Å². The Hall–Kier alpha value is -4.48. The summed E-state index contributed by atoms with van der Waals surface area (Å²) in [6, 6.07) is 10.5. The maximum atomic E-state index is 14.3. The van der Waals surface area contributed by atoms with Crippen molar-refractivity contribution in [3.8, 4) is 0 Å². The molecule has 0 aromatic heterocycles. The number of amides is 4. The standard InChI is InChI=1S/C32H35F3N4O5/c1-19(36-29(43)31(2,34)35)26(40)16-21(15-20-9-11-22(33)12-10-20)28(42)39-18-32(17-23(39)13-14-27(41)38(3)4)24-7-5-6-8-25(24)37-30(32)44/h5-14,19,21,23H,15-18H2,1-4H3,(H,36,43)(H,37,44)/b14-13+/t19-,21+,23+,32-/m0/s1. The number of carbonyl (C=O) groups is 5.